The quantitative estimate of drug-likeness (QED) is 0.753. The standard InChI is InChI=1S/C18H18BrNO4/c1-11(2)13-5-3-4-6-15(13)20-17(22)10-24-18(23)14-9-12(19)7-8-16(14)21/h3-9,11,21H,10H2,1-2H3,(H,20,22). The number of esters is 1. The average Bonchev–Trinajstić information content (AvgIpc) is 2.55. The van der Waals surface area contributed by atoms with Gasteiger partial charge in [0.15, 0.2) is 6.61 Å². The molecule has 0 saturated carbocycles. The summed E-state index contributed by atoms with van der Waals surface area (Å²) in [5.74, 6) is -1.15. The van der Waals surface area contributed by atoms with E-state index in [1.807, 2.05) is 32.0 Å². The van der Waals surface area contributed by atoms with Crippen LogP contribution in [0, 0.1) is 0 Å². The highest BCUT2D eigenvalue weighted by molar-refractivity contribution is 9.10. The first-order valence-electron chi connectivity index (χ1n) is 7.43. The number of nitrogens with one attached hydrogen (secondary N) is 1. The molecule has 0 heterocycles. The van der Waals surface area contributed by atoms with Gasteiger partial charge in [0.25, 0.3) is 5.91 Å². The number of phenolic OH excluding ortho intramolecular Hbond substituents is 1. The van der Waals surface area contributed by atoms with Gasteiger partial charge in [0.1, 0.15) is 11.3 Å². The molecule has 2 aromatic carbocycles. The fourth-order valence-corrected chi connectivity index (χ4v) is 2.54. The lowest BCUT2D eigenvalue weighted by Crippen LogP contribution is -2.21. The van der Waals surface area contributed by atoms with E-state index >= 15 is 0 Å². The number of benzene rings is 2. The van der Waals surface area contributed by atoms with E-state index in [0.29, 0.717) is 10.2 Å². The minimum atomic E-state index is -0.763. The number of aromatic hydroxyl groups is 1. The number of anilines is 1. The molecule has 0 bridgehead atoms. The molecule has 0 radical (unpaired) electrons. The lowest BCUT2D eigenvalue weighted by Gasteiger charge is -2.13. The van der Waals surface area contributed by atoms with Gasteiger partial charge < -0.3 is 15.2 Å². The maximum Gasteiger partial charge on any atom is 0.342 e. The lowest BCUT2D eigenvalue weighted by atomic mass is 10.0. The number of hydrogen-bond acceptors (Lipinski definition) is 4. The van der Waals surface area contributed by atoms with Gasteiger partial charge in [-0.1, -0.05) is 48.0 Å². The third-order valence-corrected chi connectivity index (χ3v) is 3.86. The van der Waals surface area contributed by atoms with Crippen LogP contribution in [0.3, 0.4) is 0 Å². The van der Waals surface area contributed by atoms with Crippen molar-refractivity contribution in [3.05, 3.63) is 58.1 Å². The summed E-state index contributed by atoms with van der Waals surface area (Å²) in [5.41, 5.74) is 1.69. The van der Waals surface area contributed by atoms with Crippen molar-refractivity contribution in [2.24, 2.45) is 0 Å². The Balaban J connectivity index is 1.99. The number of amides is 1. The van der Waals surface area contributed by atoms with Crippen molar-refractivity contribution in [2.45, 2.75) is 19.8 Å². The fraction of sp³-hybridized carbons (Fsp3) is 0.222. The summed E-state index contributed by atoms with van der Waals surface area (Å²) in [6, 6.07) is 11.9. The summed E-state index contributed by atoms with van der Waals surface area (Å²) in [4.78, 5) is 24.0. The summed E-state index contributed by atoms with van der Waals surface area (Å²) in [6.45, 7) is 3.62. The molecule has 0 aromatic heterocycles. The van der Waals surface area contributed by atoms with Crippen LogP contribution >= 0.6 is 15.9 Å². The van der Waals surface area contributed by atoms with E-state index < -0.39 is 18.5 Å². The van der Waals surface area contributed by atoms with E-state index in [1.54, 1.807) is 12.1 Å². The van der Waals surface area contributed by atoms with Gasteiger partial charge in [0, 0.05) is 10.2 Å². The molecule has 2 rings (SSSR count). The normalized spacial score (nSPS) is 10.5. The smallest absolute Gasteiger partial charge is 0.342 e. The van der Waals surface area contributed by atoms with E-state index in [2.05, 4.69) is 21.2 Å². The number of carbonyl (C=O) groups excluding carboxylic acids is 2. The zero-order valence-electron chi connectivity index (χ0n) is 13.4. The summed E-state index contributed by atoms with van der Waals surface area (Å²) >= 11 is 3.21. The molecule has 6 heteroatoms. The molecule has 0 fully saturated rings. The monoisotopic (exact) mass is 391 g/mol. The molecular formula is C18H18BrNO4. The predicted octanol–water partition coefficient (Wildman–Crippen LogP) is 4.07. The number of para-hydroxylation sites is 1. The van der Waals surface area contributed by atoms with Crippen molar-refractivity contribution >= 4 is 33.5 Å². The molecule has 0 aliphatic rings. The summed E-state index contributed by atoms with van der Waals surface area (Å²) in [7, 11) is 0. The molecule has 126 valence electrons. The maximum absolute atomic E-state index is 12.0. The van der Waals surface area contributed by atoms with Crippen LogP contribution < -0.4 is 5.32 Å². The number of carbonyl (C=O) groups is 2. The molecule has 0 aliphatic carbocycles. The molecule has 0 atom stereocenters. The van der Waals surface area contributed by atoms with Gasteiger partial charge in [-0.15, -0.1) is 0 Å². The van der Waals surface area contributed by atoms with E-state index in [9.17, 15) is 14.7 Å². The van der Waals surface area contributed by atoms with Crippen LogP contribution in [0.15, 0.2) is 46.9 Å². The molecular weight excluding hydrogens is 374 g/mol. The van der Waals surface area contributed by atoms with Crippen LogP contribution in [-0.2, 0) is 9.53 Å². The van der Waals surface area contributed by atoms with Crippen molar-refractivity contribution < 1.29 is 19.4 Å². The van der Waals surface area contributed by atoms with E-state index in [0.717, 1.165) is 5.56 Å². The minimum Gasteiger partial charge on any atom is -0.507 e. The summed E-state index contributed by atoms with van der Waals surface area (Å²) < 4.78 is 5.59. The highest BCUT2D eigenvalue weighted by atomic mass is 79.9. The number of hydrogen-bond donors (Lipinski definition) is 2. The van der Waals surface area contributed by atoms with Crippen LogP contribution in [0.4, 0.5) is 5.69 Å². The molecule has 2 N–H and O–H groups in total. The third-order valence-electron chi connectivity index (χ3n) is 3.37. The second kappa shape index (κ2) is 7.97. The van der Waals surface area contributed by atoms with Crippen molar-refractivity contribution in [2.75, 3.05) is 11.9 Å². The molecule has 5 nitrogen and oxygen atoms in total. The molecule has 0 saturated heterocycles. The van der Waals surface area contributed by atoms with Gasteiger partial charge in [-0.05, 0) is 35.7 Å². The highest BCUT2D eigenvalue weighted by Gasteiger charge is 2.16. The highest BCUT2D eigenvalue weighted by Crippen LogP contribution is 2.24. The van der Waals surface area contributed by atoms with Gasteiger partial charge in [-0.3, -0.25) is 4.79 Å². The largest absolute Gasteiger partial charge is 0.507 e. The Hall–Kier alpha value is -2.34. The molecule has 2 aromatic rings. The fourth-order valence-electron chi connectivity index (χ4n) is 2.18. The summed E-state index contributed by atoms with van der Waals surface area (Å²) in [6.07, 6.45) is 0. The van der Waals surface area contributed by atoms with E-state index in [1.165, 1.54) is 12.1 Å². The van der Waals surface area contributed by atoms with Crippen LogP contribution in [-0.4, -0.2) is 23.6 Å². The number of halogens is 1. The van der Waals surface area contributed by atoms with Crippen LogP contribution in [0.1, 0.15) is 35.7 Å². The number of rotatable bonds is 5. The second-order valence-corrected chi connectivity index (χ2v) is 6.44. The van der Waals surface area contributed by atoms with Crippen LogP contribution in [0.25, 0.3) is 0 Å². The molecule has 0 spiro atoms. The van der Waals surface area contributed by atoms with E-state index in [4.69, 9.17) is 4.74 Å². The Morgan fingerprint density at radius 3 is 2.62 bits per heavy atom. The maximum atomic E-state index is 12.0. The van der Waals surface area contributed by atoms with Crippen LogP contribution in [0.2, 0.25) is 0 Å². The van der Waals surface area contributed by atoms with Gasteiger partial charge in [0.05, 0.1) is 0 Å². The van der Waals surface area contributed by atoms with Crippen molar-refractivity contribution in [1.82, 2.24) is 0 Å². The van der Waals surface area contributed by atoms with Crippen molar-refractivity contribution in [3.63, 3.8) is 0 Å². The Labute approximate surface area is 148 Å². The summed E-state index contributed by atoms with van der Waals surface area (Å²) in [5, 5.41) is 12.4. The van der Waals surface area contributed by atoms with Gasteiger partial charge in [0.2, 0.25) is 0 Å². The van der Waals surface area contributed by atoms with Gasteiger partial charge in [-0.25, -0.2) is 4.79 Å². The molecule has 0 aliphatic heterocycles. The molecule has 1 amide bonds. The van der Waals surface area contributed by atoms with Crippen molar-refractivity contribution in [3.8, 4) is 5.75 Å². The van der Waals surface area contributed by atoms with Gasteiger partial charge in [-0.2, -0.15) is 0 Å². The van der Waals surface area contributed by atoms with Gasteiger partial charge >= 0.3 is 5.97 Å². The Bertz CT molecular complexity index is 758. The SMILES string of the molecule is CC(C)c1ccccc1NC(=O)COC(=O)c1cc(Br)ccc1O. The van der Waals surface area contributed by atoms with E-state index in [-0.39, 0.29) is 17.2 Å². The van der Waals surface area contributed by atoms with Crippen molar-refractivity contribution in [1.29, 1.82) is 0 Å². The first-order chi connectivity index (χ1) is 11.4. The molecule has 0 unspecified atom stereocenters. The second-order valence-electron chi connectivity index (χ2n) is 5.53. The number of ether oxygens (including phenoxy) is 1. The first kappa shape index (κ1) is 18.0. The zero-order valence-corrected chi connectivity index (χ0v) is 15.0. The topological polar surface area (TPSA) is 75.6 Å². The lowest BCUT2D eigenvalue weighted by molar-refractivity contribution is -0.119. The third kappa shape index (κ3) is 4.58. The molecule has 24 heavy (non-hydrogen) atoms. The Morgan fingerprint density at radius 2 is 1.92 bits per heavy atom. The zero-order chi connectivity index (χ0) is 17.7. The minimum absolute atomic E-state index is 0.000226. The Morgan fingerprint density at radius 1 is 1.21 bits per heavy atom. The first-order valence-corrected chi connectivity index (χ1v) is 8.22. The Kier molecular flexibility index (Phi) is 5.98. The predicted molar refractivity (Wildman–Crippen MR) is 95.3 cm³/mol. The average molecular weight is 392 g/mol. The van der Waals surface area contributed by atoms with Crippen LogP contribution in [0.5, 0.6) is 5.75 Å². The number of phenols is 1.